The van der Waals surface area contributed by atoms with E-state index >= 15 is 0 Å². The lowest BCUT2D eigenvalue weighted by molar-refractivity contribution is -0.138. The van der Waals surface area contributed by atoms with Gasteiger partial charge in [-0.3, -0.25) is 15.0 Å². The average molecular weight is 388 g/mol. The van der Waals surface area contributed by atoms with E-state index in [0.29, 0.717) is 0 Å². The molecule has 0 amide bonds. The number of carboxylic acids is 2. The highest BCUT2D eigenvalue weighted by Crippen LogP contribution is 2.08. The van der Waals surface area contributed by atoms with Crippen LogP contribution >= 0.6 is 0 Å². The summed E-state index contributed by atoms with van der Waals surface area (Å²) in [4.78, 5) is 23.2. The smallest absolute Gasteiger partial charge is 0.303 e. The van der Waals surface area contributed by atoms with Gasteiger partial charge >= 0.3 is 11.9 Å². The first kappa shape index (κ1) is 25.8. The first-order chi connectivity index (χ1) is 12.9. The molecule has 160 valence electrons. The third-order valence-corrected chi connectivity index (χ3v) is 4.53. The summed E-state index contributed by atoms with van der Waals surface area (Å²) in [6.45, 7) is 3.97. The van der Waals surface area contributed by atoms with Gasteiger partial charge < -0.3 is 15.1 Å². The van der Waals surface area contributed by atoms with Gasteiger partial charge in [-0.15, -0.1) is 0 Å². The van der Waals surface area contributed by atoms with Gasteiger partial charge in [0.2, 0.25) is 0 Å². The number of hydrogen-bond acceptors (Lipinski definition) is 5. The summed E-state index contributed by atoms with van der Waals surface area (Å²) in [6, 6.07) is 0. The Morgan fingerprint density at radius 2 is 1.07 bits per heavy atom. The molecule has 0 fully saturated rings. The largest absolute Gasteiger partial charge is 0.481 e. The average Bonchev–Trinajstić information content (AvgIpc) is 2.58. The van der Waals surface area contributed by atoms with Crippen molar-refractivity contribution < 1.29 is 19.8 Å². The number of rotatable bonds is 20. The number of nitrogens with zero attached hydrogens (tertiary/aromatic N) is 2. The molecule has 0 rings (SSSR count). The van der Waals surface area contributed by atoms with Gasteiger partial charge in [0.25, 0.3) is 0 Å². The minimum atomic E-state index is -0.700. The number of nitrogens with one attached hydrogen (secondary N) is 1. The van der Waals surface area contributed by atoms with Gasteiger partial charge in [0.05, 0.1) is 0 Å². The quantitative estimate of drug-likeness (QED) is 0.218. The van der Waals surface area contributed by atoms with Gasteiger partial charge in [-0.25, -0.2) is 5.01 Å². The molecule has 0 aromatic carbocycles. The molecular formula is C20H41N3O4. The SMILES string of the molecule is CN(C)CCNN(CCCCCCCC(=O)O)CCCCCCCC(=O)O. The maximum Gasteiger partial charge on any atom is 0.303 e. The highest BCUT2D eigenvalue weighted by molar-refractivity contribution is 5.66. The van der Waals surface area contributed by atoms with Crippen molar-refractivity contribution >= 4 is 11.9 Å². The zero-order valence-electron chi connectivity index (χ0n) is 17.4. The summed E-state index contributed by atoms with van der Waals surface area (Å²) in [7, 11) is 4.14. The van der Waals surface area contributed by atoms with Crippen molar-refractivity contribution in [2.24, 2.45) is 0 Å². The van der Waals surface area contributed by atoms with E-state index in [9.17, 15) is 9.59 Å². The van der Waals surface area contributed by atoms with Gasteiger partial charge in [-0.05, 0) is 39.8 Å². The van der Waals surface area contributed by atoms with Gasteiger partial charge in [0.15, 0.2) is 0 Å². The molecule has 7 heteroatoms. The molecule has 0 radical (unpaired) electrons. The lowest BCUT2D eigenvalue weighted by atomic mass is 10.1. The molecule has 0 aromatic rings. The van der Waals surface area contributed by atoms with Crippen LogP contribution in [0.1, 0.15) is 77.0 Å². The molecule has 0 saturated carbocycles. The van der Waals surface area contributed by atoms with Crippen molar-refractivity contribution in [1.29, 1.82) is 0 Å². The molecule has 0 bridgehead atoms. The molecule has 3 N–H and O–H groups in total. The number of aliphatic carboxylic acids is 2. The second-order valence-electron chi connectivity index (χ2n) is 7.52. The second-order valence-corrected chi connectivity index (χ2v) is 7.52. The predicted octanol–water partition coefficient (Wildman–Crippen LogP) is 3.21. The van der Waals surface area contributed by atoms with Crippen molar-refractivity contribution in [3.05, 3.63) is 0 Å². The number of carboxylic acid groups (broad SMARTS) is 2. The zero-order chi connectivity index (χ0) is 20.3. The number of carbonyl (C=O) groups is 2. The number of likely N-dealkylation sites (N-methyl/N-ethyl adjacent to an activating group) is 1. The van der Waals surface area contributed by atoms with Crippen LogP contribution in [-0.2, 0) is 9.59 Å². The van der Waals surface area contributed by atoms with E-state index in [4.69, 9.17) is 10.2 Å². The normalized spacial score (nSPS) is 11.4. The summed E-state index contributed by atoms with van der Waals surface area (Å²) in [5, 5.41) is 19.6. The number of hydrazine groups is 1. The summed E-state index contributed by atoms with van der Waals surface area (Å²) in [5.41, 5.74) is 3.52. The Bertz CT molecular complexity index is 350. The minimum Gasteiger partial charge on any atom is -0.481 e. The molecule has 0 aliphatic carbocycles. The molecule has 0 unspecified atom stereocenters. The highest BCUT2D eigenvalue weighted by atomic mass is 16.4. The molecule has 0 aliphatic heterocycles. The highest BCUT2D eigenvalue weighted by Gasteiger charge is 2.05. The van der Waals surface area contributed by atoms with Gasteiger partial charge in [0.1, 0.15) is 0 Å². The van der Waals surface area contributed by atoms with Gasteiger partial charge in [-0.1, -0.05) is 38.5 Å². The predicted molar refractivity (Wildman–Crippen MR) is 109 cm³/mol. The fourth-order valence-electron chi connectivity index (χ4n) is 2.92. The van der Waals surface area contributed by atoms with E-state index < -0.39 is 11.9 Å². The Balaban J connectivity index is 3.82. The van der Waals surface area contributed by atoms with Gasteiger partial charge in [-0.2, -0.15) is 0 Å². The molecule has 0 aromatic heterocycles. The van der Waals surface area contributed by atoms with Crippen LogP contribution in [0.15, 0.2) is 0 Å². The Labute approximate surface area is 165 Å². The van der Waals surface area contributed by atoms with E-state index in [1.54, 1.807) is 0 Å². The monoisotopic (exact) mass is 387 g/mol. The van der Waals surface area contributed by atoms with Crippen molar-refractivity contribution in [3.63, 3.8) is 0 Å². The van der Waals surface area contributed by atoms with E-state index in [1.807, 2.05) is 0 Å². The van der Waals surface area contributed by atoms with Crippen LogP contribution in [0.5, 0.6) is 0 Å². The van der Waals surface area contributed by atoms with Crippen LogP contribution < -0.4 is 5.43 Å². The lowest BCUT2D eigenvalue weighted by Gasteiger charge is -2.24. The maximum atomic E-state index is 10.5. The van der Waals surface area contributed by atoms with Crippen molar-refractivity contribution in [2.75, 3.05) is 40.3 Å². The van der Waals surface area contributed by atoms with Crippen molar-refractivity contribution in [1.82, 2.24) is 15.3 Å². The molecular weight excluding hydrogens is 346 g/mol. The van der Waals surface area contributed by atoms with E-state index in [2.05, 4.69) is 29.4 Å². The van der Waals surface area contributed by atoms with Crippen LogP contribution in [-0.4, -0.2) is 72.3 Å². The summed E-state index contributed by atoms with van der Waals surface area (Å²) in [5.74, 6) is -1.40. The Morgan fingerprint density at radius 1 is 0.667 bits per heavy atom. The maximum absolute atomic E-state index is 10.5. The van der Waals surface area contributed by atoms with Crippen molar-refractivity contribution in [3.8, 4) is 0 Å². The molecule has 0 aliphatic rings. The first-order valence-corrected chi connectivity index (χ1v) is 10.5. The van der Waals surface area contributed by atoms with Gasteiger partial charge in [0, 0.05) is 39.0 Å². The molecule has 0 heterocycles. The third-order valence-electron chi connectivity index (χ3n) is 4.53. The zero-order valence-corrected chi connectivity index (χ0v) is 17.4. The Morgan fingerprint density at radius 3 is 1.48 bits per heavy atom. The number of unbranched alkanes of at least 4 members (excludes halogenated alkanes) is 8. The van der Waals surface area contributed by atoms with E-state index in [1.165, 1.54) is 0 Å². The standard InChI is InChI=1S/C20H41N3O4/c1-22(2)18-15-21-23(16-11-7-3-5-9-13-19(24)25)17-12-8-4-6-10-14-20(26)27/h21H,3-18H2,1-2H3,(H,24,25)(H,26,27). The summed E-state index contributed by atoms with van der Waals surface area (Å²) >= 11 is 0. The van der Waals surface area contributed by atoms with Crippen LogP contribution in [0.3, 0.4) is 0 Å². The summed E-state index contributed by atoms with van der Waals surface area (Å²) in [6.07, 6.45) is 10.8. The first-order valence-electron chi connectivity index (χ1n) is 10.5. The minimum absolute atomic E-state index is 0.282. The number of hydrogen-bond donors (Lipinski definition) is 3. The fourth-order valence-corrected chi connectivity index (χ4v) is 2.92. The molecule has 27 heavy (non-hydrogen) atoms. The fraction of sp³-hybridized carbons (Fsp3) is 0.900. The van der Waals surface area contributed by atoms with Crippen LogP contribution in [0.4, 0.5) is 0 Å². The second kappa shape index (κ2) is 18.2. The van der Waals surface area contributed by atoms with Crippen molar-refractivity contribution in [2.45, 2.75) is 77.0 Å². The molecule has 7 nitrogen and oxygen atoms in total. The summed E-state index contributed by atoms with van der Waals surface area (Å²) < 4.78 is 0. The molecule has 0 atom stereocenters. The Kier molecular flexibility index (Phi) is 17.4. The van der Waals surface area contributed by atoms with Crippen LogP contribution in [0.25, 0.3) is 0 Å². The van der Waals surface area contributed by atoms with E-state index in [0.717, 1.165) is 90.4 Å². The third kappa shape index (κ3) is 21.0. The topological polar surface area (TPSA) is 93.1 Å². The van der Waals surface area contributed by atoms with E-state index in [-0.39, 0.29) is 12.8 Å². The molecule has 0 saturated heterocycles. The lowest BCUT2D eigenvalue weighted by Crippen LogP contribution is -2.42. The Hall–Kier alpha value is -1.18. The molecule has 0 spiro atoms. The van der Waals surface area contributed by atoms with Crippen LogP contribution in [0, 0.1) is 0 Å². The van der Waals surface area contributed by atoms with Crippen LogP contribution in [0.2, 0.25) is 0 Å².